The fourth-order valence-corrected chi connectivity index (χ4v) is 3.67. The molecular weight excluding hydrogens is 356 g/mol. The maximum absolute atomic E-state index is 12.8. The Kier molecular flexibility index (Phi) is 4.73. The van der Waals surface area contributed by atoms with Gasteiger partial charge in [-0.3, -0.25) is 18.7 Å². The van der Waals surface area contributed by atoms with Crippen molar-refractivity contribution in [2.45, 2.75) is 6.54 Å². The summed E-state index contributed by atoms with van der Waals surface area (Å²) in [4.78, 5) is 41.3. The zero-order valence-electron chi connectivity index (χ0n) is 15.7. The van der Waals surface area contributed by atoms with Crippen LogP contribution in [0.5, 0.6) is 0 Å². The first-order chi connectivity index (χ1) is 13.6. The van der Waals surface area contributed by atoms with Gasteiger partial charge in [-0.25, -0.2) is 4.79 Å². The van der Waals surface area contributed by atoms with Crippen molar-refractivity contribution in [2.75, 3.05) is 26.2 Å². The van der Waals surface area contributed by atoms with E-state index in [1.54, 1.807) is 33.5 Å². The maximum atomic E-state index is 12.8. The van der Waals surface area contributed by atoms with Crippen molar-refractivity contribution in [1.82, 2.24) is 18.9 Å². The van der Waals surface area contributed by atoms with Crippen molar-refractivity contribution >= 4 is 22.8 Å². The van der Waals surface area contributed by atoms with Crippen LogP contribution in [0.4, 0.5) is 0 Å². The smallest absolute Gasteiger partial charge is 0.329 e. The van der Waals surface area contributed by atoms with Gasteiger partial charge in [0.15, 0.2) is 0 Å². The van der Waals surface area contributed by atoms with Gasteiger partial charge in [0.25, 0.3) is 5.91 Å². The number of aryl methyl sites for hydroxylation is 1. The average Bonchev–Trinajstić information content (AvgIpc) is 2.99. The number of carbonyl (C=O) groups is 2. The molecule has 4 rings (SSSR count). The molecule has 0 spiro atoms. The lowest BCUT2D eigenvalue weighted by Gasteiger charge is -2.34. The van der Waals surface area contributed by atoms with E-state index in [0.29, 0.717) is 31.7 Å². The van der Waals surface area contributed by atoms with Crippen molar-refractivity contribution in [3.05, 3.63) is 70.6 Å². The number of imidazole rings is 1. The van der Waals surface area contributed by atoms with Crippen molar-refractivity contribution in [2.24, 2.45) is 7.05 Å². The minimum absolute atomic E-state index is 0.00676. The van der Waals surface area contributed by atoms with E-state index in [4.69, 9.17) is 0 Å². The van der Waals surface area contributed by atoms with Crippen LogP contribution in [0.2, 0.25) is 0 Å². The molecule has 0 aliphatic carbocycles. The predicted molar refractivity (Wildman–Crippen MR) is 106 cm³/mol. The molecule has 0 bridgehead atoms. The van der Waals surface area contributed by atoms with Gasteiger partial charge in [-0.1, -0.05) is 30.3 Å². The van der Waals surface area contributed by atoms with Gasteiger partial charge in [-0.15, -0.1) is 0 Å². The maximum Gasteiger partial charge on any atom is 0.329 e. The van der Waals surface area contributed by atoms with Crippen molar-refractivity contribution in [3.8, 4) is 0 Å². The van der Waals surface area contributed by atoms with Crippen LogP contribution in [0.15, 0.2) is 59.4 Å². The number of carbonyl (C=O) groups excluding carboxylic acids is 2. The van der Waals surface area contributed by atoms with E-state index in [9.17, 15) is 14.4 Å². The Morgan fingerprint density at radius 3 is 2.07 bits per heavy atom. The van der Waals surface area contributed by atoms with Crippen LogP contribution in [0.1, 0.15) is 10.4 Å². The lowest BCUT2D eigenvalue weighted by molar-refractivity contribution is -0.133. The van der Waals surface area contributed by atoms with E-state index in [1.807, 2.05) is 42.5 Å². The summed E-state index contributed by atoms with van der Waals surface area (Å²) in [7, 11) is 1.71. The first-order valence-corrected chi connectivity index (χ1v) is 9.32. The minimum Gasteiger partial charge on any atom is -0.338 e. The Hall–Kier alpha value is -3.35. The number of benzene rings is 2. The molecule has 2 aromatic carbocycles. The standard InChI is InChI=1S/C21H22N4O3/c1-22-17-9-5-6-10-18(17)25(21(22)28)15-19(26)23-11-13-24(14-12-23)20(27)16-7-3-2-4-8-16/h2-10H,11-15H2,1H3. The van der Waals surface area contributed by atoms with Gasteiger partial charge in [0.1, 0.15) is 6.54 Å². The molecule has 1 aromatic heterocycles. The second-order valence-corrected chi connectivity index (χ2v) is 6.96. The third-order valence-electron chi connectivity index (χ3n) is 5.29. The molecule has 0 saturated carbocycles. The van der Waals surface area contributed by atoms with Gasteiger partial charge in [0, 0.05) is 38.8 Å². The van der Waals surface area contributed by atoms with Crippen molar-refractivity contribution < 1.29 is 9.59 Å². The van der Waals surface area contributed by atoms with Crippen LogP contribution in [-0.4, -0.2) is 56.9 Å². The molecule has 144 valence electrons. The van der Waals surface area contributed by atoms with E-state index < -0.39 is 0 Å². The molecule has 2 amide bonds. The van der Waals surface area contributed by atoms with E-state index in [2.05, 4.69) is 0 Å². The summed E-state index contributed by atoms with van der Waals surface area (Å²) in [5.74, 6) is -0.122. The highest BCUT2D eigenvalue weighted by molar-refractivity contribution is 5.94. The molecule has 0 radical (unpaired) electrons. The Morgan fingerprint density at radius 1 is 0.821 bits per heavy atom. The van der Waals surface area contributed by atoms with Gasteiger partial charge in [0.2, 0.25) is 5.91 Å². The van der Waals surface area contributed by atoms with Gasteiger partial charge < -0.3 is 9.80 Å². The van der Waals surface area contributed by atoms with Crippen LogP contribution in [0, 0.1) is 0 Å². The summed E-state index contributed by atoms with van der Waals surface area (Å²) < 4.78 is 3.07. The molecule has 1 saturated heterocycles. The average molecular weight is 378 g/mol. The molecule has 1 aliphatic rings. The van der Waals surface area contributed by atoms with Gasteiger partial charge in [0.05, 0.1) is 11.0 Å². The molecule has 7 heteroatoms. The molecule has 1 aliphatic heterocycles. The molecule has 2 heterocycles. The summed E-state index contributed by atoms with van der Waals surface area (Å²) in [5, 5.41) is 0. The number of fused-ring (bicyclic) bond motifs is 1. The van der Waals surface area contributed by atoms with E-state index in [-0.39, 0.29) is 24.0 Å². The first kappa shape index (κ1) is 18.0. The minimum atomic E-state index is -0.201. The fourth-order valence-electron chi connectivity index (χ4n) is 3.67. The Balaban J connectivity index is 1.43. The summed E-state index contributed by atoms with van der Waals surface area (Å²) >= 11 is 0. The van der Waals surface area contributed by atoms with Crippen molar-refractivity contribution in [3.63, 3.8) is 0 Å². The van der Waals surface area contributed by atoms with Crippen LogP contribution in [0.25, 0.3) is 11.0 Å². The summed E-state index contributed by atoms with van der Waals surface area (Å²) in [6.45, 7) is 1.93. The predicted octanol–water partition coefficient (Wildman–Crippen LogP) is 1.32. The highest BCUT2D eigenvalue weighted by Crippen LogP contribution is 2.13. The molecule has 3 aromatic rings. The zero-order valence-corrected chi connectivity index (χ0v) is 15.7. The van der Waals surface area contributed by atoms with E-state index >= 15 is 0 Å². The second kappa shape index (κ2) is 7.34. The molecule has 28 heavy (non-hydrogen) atoms. The SMILES string of the molecule is Cn1c(=O)n(CC(=O)N2CCN(C(=O)c3ccccc3)CC2)c2ccccc21. The molecule has 1 fully saturated rings. The number of hydrogen-bond acceptors (Lipinski definition) is 3. The number of rotatable bonds is 3. The highest BCUT2D eigenvalue weighted by Gasteiger charge is 2.25. The van der Waals surface area contributed by atoms with Crippen LogP contribution in [-0.2, 0) is 18.4 Å². The largest absolute Gasteiger partial charge is 0.338 e. The second-order valence-electron chi connectivity index (χ2n) is 6.96. The lowest BCUT2D eigenvalue weighted by atomic mass is 10.2. The topological polar surface area (TPSA) is 67.6 Å². The highest BCUT2D eigenvalue weighted by atomic mass is 16.2. The molecule has 0 unspecified atom stereocenters. The first-order valence-electron chi connectivity index (χ1n) is 9.32. The van der Waals surface area contributed by atoms with Gasteiger partial charge in [-0.05, 0) is 24.3 Å². The number of aromatic nitrogens is 2. The summed E-state index contributed by atoms with van der Waals surface area (Å²) in [6.07, 6.45) is 0. The number of amides is 2. The number of nitrogens with zero attached hydrogens (tertiary/aromatic N) is 4. The van der Waals surface area contributed by atoms with Crippen LogP contribution >= 0.6 is 0 Å². The third-order valence-corrected chi connectivity index (χ3v) is 5.29. The van der Waals surface area contributed by atoms with Crippen LogP contribution in [0.3, 0.4) is 0 Å². The summed E-state index contributed by atoms with van der Waals surface area (Å²) in [6, 6.07) is 16.6. The third kappa shape index (κ3) is 3.19. The van der Waals surface area contributed by atoms with E-state index in [1.165, 1.54) is 4.57 Å². The van der Waals surface area contributed by atoms with E-state index in [0.717, 1.165) is 11.0 Å². The Labute approximate surface area is 162 Å². The fraction of sp³-hybridized carbons (Fsp3) is 0.286. The Morgan fingerprint density at radius 2 is 1.39 bits per heavy atom. The normalized spacial score (nSPS) is 14.5. The quantitative estimate of drug-likeness (QED) is 0.690. The molecule has 0 N–H and O–H groups in total. The van der Waals surface area contributed by atoms with Gasteiger partial charge in [-0.2, -0.15) is 0 Å². The molecular formula is C21H22N4O3. The zero-order chi connectivity index (χ0) is 19.7. The lowest BCUT2D eigenvalue weighted by Crippen LogP contribution is -2.51. The number of piperazine rings is 1. The van der Waals surface area contributed by atoms with Crippen molar-refractivity contribution in [1.29, 1.82) is 0 Å². The molecule has 7 nitrogen and oxygen atoms in total. The number of hydrogen-bond donors (Lipinski definition) is 0. The molecule has 0 atom stereocenters. The monoisotopic (exact) mass is 378 g/mol. The van der Waals surface area contributed by atoms with Crippen LogP contribution < -0.4 is 5.69 Å². The number of para-hydroxylation sites is 2. The Bertz CT molecular complexity index is 1080. The summed E-state index contributed by atoms with van der Waals surface area (Å²) in [5.41, 5.74) is 2.01. The van der Waals surface area contributed by atoms with Gasteiger partial charge >= 0.3 is 5.69 Å².